The molecule has 1 heterocycles. The number of hydrogen-bond donors (Lipinski definition) is 3. The maximum atomic E-state index is 12.1. The minimum absolute atomic E-state index is 0.0561. The lowest BCUT2D eigenvalue weighted by atomic mass is 10.2. The molecule has 0 fully saturated rings. The fourth-order valence-corrected chi connectivity index (χ4v) is 2.69. The lowest BCUT2D eigenvalue weighted by Gasteiger charge is -2.07. The number of rotatable bonds is 5. The van der Waals surface area contributed by atoms with Crippen LogP contribution in [0.15, 0.2) is 35.4 Å². The molecule has 0 atom stereocenters. The van der Waals surface area contributed by atoms with Gasteiger partial charge in [0.1, 0.15) is 5.82 Å². The van der Waals surface area contributed by atoms with Crippen molar-refractivity contribution in [1.82, 2.24) is 10.2 Å². The molecule has 0 saturated heterocycles. The third-order valence-corrected chi connectivity index (χ3v) is 4.02. The van der Waals surface area contributed by atoms with Crippen LogP contribution in [0.5, 0.6) is 0 Å². The van der Waals surface area contributed by atoms with Gasteiger partial charge in [0.15, 0.2) is 0 Å². The van der Waals surface area contributed by atoms with Crippen molar-refractivity contribution in [2.45, 2.75) is 18.2 Å². The van der Waals surface area contributed by atoms with Gasteiger partial charge in [-0.2, -0.15) is 5.10 Å². The molecule has 1 aromatic carbocycles. The van der Waals surface area contributed by atoms with E-state index in [0.29, 0.717) is 16.9 Å². The van der Waals surface area contributed by atoms with E-state index >= 15 is 0 Å². The smallest absolute Gasteiger partial charge is 0.307 e. The highest BCUT2D eigenvalue weighted by Crippen LogP contribution is 2.17. The Morgan fingerprint density at radius 2 is 2.00 bits per heavy atom. The molecule has 3 N–H and O–H groups in total. The molecule has 20 heavy (non-hydrogen) atoms. The molecule has 0 bridgehead atoms. The number of sulfonamides is 1. The molecule has 2 rings (SSSR count). The minimum atomic E-state index is -3.72. The van der Waals surface area contributed by atoms with Gasteiger partial charge in [0.25, 0.3) is 10.0 Å². The molecule has 0 spiro atoms. The summed E-state index contributed by atoms with van der Waals surface area (Å²) in [6.07, 6.45) is 1.36. The van der Waals surface area contributed by atoms with Gasteiger partial charge in [0.2, 0.25) is 0 Å². The molecular formula is C12H13N3O4S. The van der Waals surface area contributed by atoms with Crippen LogP contribution >= 0.6 is 0 Å². The summed E-state index contributed by atoms with van der Waals surface area (Å²) in [4.78, 5) is 10.6. The molecular weight excluding hydrogens is 282 g/mol. The van der Waals surface area contributed by atoms with E-state index < -0.39 is 16.0 Å². The number of H-pyrrole nitrogens is 1. The summed E-state index contributed by atoms with van der Waals surface area (Å²) in [5.41, 5.74) is 1.21. The Hall–Kier alpha value is -2.35. The van der Waals surface area contributed by atoms with Crippen LogP contribution in [0.25, 0.3) is 0 Å². The van der Waals surface area contributed by atoms with Gasteiger partial charge < -0.3 is 5.11 Å². The van der Waals surface area contributed by atoms with E-state index in [4.69, 9.17) is 5.11 Å². The second-order valence-electron chi connectivity index (χ2n) is 4.25. The average molecular weight is 295 g/mol. The Kier molecular flexibility index (Phi) is 3.75. The highest BCUT2D eigenvalue weighted by Gasteiger charge is 2.16. The summed E-state index contributed by atoms with van der Waals surface area (Å²) in [5.74, 6) is -0.661. The van der Waals surface area contributed by atoms with Crippen LogP contribution in [0.2, 0.25) is 0 Å². The van der Waals surface area contributed by atoms with Crippen molar-refractivity contribution in [2.75, 3.05) is 4.72 Å². The van der Waals surface area contributed by atoms with Gasteiger partial charge in [-0.1, -0.05) is 12.1 Å². The van der Waals surface area contributed by atoms with E-state index in [9.17, 15) is 13.2 Å². The normalized spacial score (nSPS) is 11.2. The predicted octanol–water partition coefficient (Wildman–Crippen LogP) is 1.15. The van der Waals surface area contributed by atoms with Crippen molar-refractivity contribution < 1.29 is 18.3 Å². The molecule has 0 unspecified atom stereocenters. The van der Waals surface area contributed by atoms with Gasteiger partial charge in [-0.3, -0.25) is 14.6 Å². The zero-order valence-corrected chi connectivity index (χ0v) is 11.4. The average Bonchev–Trinajstić information content (AvgIpc) is 2.74. The quantitative estimate of drug-likeness (QED) is 0.766. The lowest BCUT2D eigenvalue weighted by molar-refractivity contribution is -0.136. The predicted molar refractivity (Wildman–Crippen MR) is 71.9 cm³/mol. The number of aryl methyl sites for hydroxylation is 1. The monoisotopic (exact) mass is 295 g/mol. The number of nitrogens with zero attached hydrogens (tertiary/aromatic N) is 1. The second-order valence-corrected chi connectivity index (χ2v) is 5.93. The Balaban J connectivity index is 2.22. The summed E-state index contributed by atoms with van der Waals surface area (Å²) in [7, 11) is -3.72. The zero-order chi connectivity index (χ0) is 14.8. The SMILES string of the molecule is Cc1cn[nH]c1NS(=O)(=O)c1ccc(CC(=O)O)cc1. The Morgan fingerprint density at radius 3 is 2.50 bits per heavy atom. The number of aliphatic carboxylic acids is 1. The molecule has 2 aromatic rings. The van der Waals surface area contributed by atoms with Gasteiger partial charge in [-0.25, -0.2) is 8.42 Å². The summed E-state index contributed by atoms with van der Waals surface area (Å²) >= 11 is 0. The van der Waals surface area contributed by atoms with Crippen molar-refractivity contribution in [3.8, 4) is 0 Å². The maximum Gasteiger partial charge on any atom is 0.307 e. The van der Waals surface area contributed by atoms with Crippen LogP contribution in [0.1, 0.15) is 11.1 Å². The molecule has 0 aliphatic carbocycles. The summed E-state index contributed by atoms with van der Waals surface area (Å²) in [6, 6.07) is 5.68. The van der Waals surface area contributed by atoms with E-state index in [1.807, 2.05) is 0 Å². The summed E-state index contributed by atoms with van der Waals surface area (Å²) in [5, 5.41) is 14.9. The molecule has 0 saturated carbocycles. The first-order valence-corrected chi connectivity index (χ1v) is 7.20. The van der Waals surface area contributed by atoms with Crippen molar-refractivity contribution in [3.63, 3.8) is 0 Å². The van der Waals surface area contributed by atoms with E-state index in [1.165, 1.54) is 30.5 Å². The highest BCUT2D eigenvalue weighted by molar-refractivity contribution is 7.92. The van der Waals surface area contributed by atoms with Crippen LogP contribution in [0, 0.1) is 6.92 Å². The van der Waals surface area contributed by atoms with Gasteiger partial charge in [-0.15, -0.1) is 0 Å². The third kappa shape index (κ3) is 3.15. The van der Waals surface area contributed by atoms with Gasteiger partial charge in [0, 0.05) is 5.56 Å². The molecule has 1 aromatic heterocycles. The number of aromatic nitrogens is 2. The number of carboxylic acid groups (broad SMARTS) is 1. The third-order valence-electron chi connectivity index (χ3n) is 2.65. The number of aromatic amines is 1. The second kappa shape index (κ2) is 5.33. The molecule has 0 amide bonds. The standard InChI is InChI=1S/C12H13N3O4S/c1-8-7-13-14-12(8)15-20(18,19)10-4-2-9(3-5-10)6-11(16)17/h2-5,7H,6H2,1H3,(H,16,17)(H2,13,14,15). The van der Waals surface area contributed by atoms with E-state index in [-0.39, 0.29) is 11.3 Å². The number of nitrogens with one attached hydrogen (secondary N) is 2. The van der Waals surface area contributed by atoms with Crippen molar-refractivity contribution in [2.24, 2.45) is 0 Å². The number of anilines is 1. The van der Waals surface area contributed by atoms with E-state index in [0.717, 1.165) is 0 Å². The highest BCUT2D eigenvalue weighted by atomic mass is 32.2. The topological polar surface area (TPSA) is 112 Å². The first-order chi connectivity index (χ1) is 9.38. The largest absolute Gasteiger partial charge is 0.481 e. The zero-order valence-electron chi connectivity index (χ0n) is 10.6. The van der Waals surface area contributed by atoms with Gasteiger partial charge in [0.05, 0.1) is 17.5 Å². The fourth-order valence-electron chi connectivity index (χ4n) is 1.60. The van der Waals surface area contributed by atoms with Crippen LogP contribution in [0.4, 0.5) is 5.82 Å². The van der Waals surface area contributed by atoms with Gasteiger partial charge in [-0.05, 0) is 24.6 Å². The van der Waals surface area contributed by atoms with E-state index in [2.05, 4.69) is 14.9 Å². The molecule has 8 heteroatoms. The molecule has 106 valence electrons. The Bertz CT molecular complexity index is 719. The fraction of sp³-hybridized carbons (Fsp3) is 0.167. The lowest BCUT2D eigenvalue weighted by Crippen LogP contribution is -2.14. The van der Waals surface area contributed by atoms with Gasteiger partial charge >= 0.3 is 5.97 Å². The molecule has 0 radical (unpaired) electrons. The molecule has 7 nitrogen and oxygen atoms in total. The van der Waals surface area contributed by atoms with Crippen LogP contribution in [0.3, 0.4) is 0 Å². The number of benzene rings is 1. The minimum Gasteiger partial charge on any atom is -0.481 e. The van der Waals surface area contributed by atoms with Crippen molar-refractivity contribution >= 4 is 21.8 Å². The molecule has 0 aliphatic rings. The maximum absolute atomic E-state index is 12.1. The van der Waals surface area contributed by atoms with Crippen molar-refractivity contribution in [1.29, 1.82) is 0 Å². The Morgan fingerprint density at radius 1 is 1.35 bits per heavy atom. The van der Waals surface area contributed by atoms with Crippen LogP contribution in [-0.4, -0.2) is 29.7 Å². The van der Waals surface area contributed by atoms with Crippen LogP contribution in [-0.2, 0) is 21.2 Å². The number of carbonyl (C=O) groups is 1. The summed E-state index contributed by atoms with van der Waals surface area (Å²) in [6.45, 7) is 1.72. The van der Waals surface area contributed by atoms with E-state index in [1.54, 1.807) is 6.92 Å². The van der Waals surface area contributed by atoms with Crippen LogP contribution < -0.4 is 4.72 Å². The number of hydrogen-bond acceptors (Lipinski definition) is 4. The van der Waals surface area contributed by atoms with Crippen molar-refractivity contribution in [3.05, 3.63) is 41.6 Å². The summed E-state index contributed by atoms with van der Waals surface area (Å²) < 4.78 is 26.6. The number of carboxylic acids is 1. The first-order valence-electron chi connectivity index (χ1n) is 5.72. The Labute approximate surface area is 115 Å². The molecule has 0 aliphatic heterocycles. The first kappa shape index (κ1) is 14.1.